The van der Waals surface area contributed by atoms with E-state index in [0.717, 1.165) is 5.56 Å². The Balaban J connectivity index is 2.13. The largest absolute Gasteiger partial charge is 0.507 e. The van der Waals surface area contributed by atoms with Crippen LogP contribution in [0.2, 0.25) is 0 Å². The van der Waals surface area contributed by atoms with Crippen LogP contribution >= 0.6 is 11.8 Å². The predicted molar refractivity (Wildman–Crippen MR) is 91.2 cm³/mol. The van der Waals surface area contributed by atoms with E-state index in [1.54, 1.807) is 17.9 Å². The van der Waals surface area contributed by atoms with Crippen molar-refractivity contribution in [1.82, 2.24) is 9.21 Å². The summed E-state index contributed by atoms with van der Waals surface area (Å²) in [4.78, 5) is 13.8. The van der Waals surface area contributed by atoms with Crippen molar-refractivity contribution in [3.63, 3.8) is 0 Å². The quantitative estimate of drug-likeness (QED) is 0.877. The highest BCUT2D eigenvalue weighted by molar-refractivity contribution is 7.99. The maximum absolute atomic E-state index is 12.7. The molecule has 0 bridgehead atoms. The molecule has 0 aliphatic carbocycles. The molecule has 128 valence electrons. The summed E-state index contributed by atoms with van der Waals surface area (Å²) in [6.07, 6.45) is 1.88. The van der Waals surface area contributed by atoms with Gasteiger partial charge in [-0.1, -0.05) is 6.07 Å². The monoisotopic (exact) mass is 358 g/mol. The number of aryl methyl sites for hydroxylation is 1. The highest BCUT2D eigenvalue weighted by Crippen LogP contribution is 2.27. The molecule has 1 amide bonds. The molecule has 0 spiro atoms. The van der Waals surface area contributed by atoms with Crippen molar-refractivity contribution >= 4 is 27.7 Å². The molecule has 1 aliphatic rings. The van der Waals surface area contributed by atoms with E-state index in [2.05, 4.69) is 0 Å². The zero-order valence-corrected chi connectivity index (χ0v) is 15.2. The Labute approximate surface area is 141 Å². The molecular weight excluding hydrogens is 336 g/mol. The first-order chi connectivity index (χ1) is 10.8. The van der Waals surface area contributed by atoms with E-state index < -0.39 is 10.0 Å². The van der Waals surface area contributed by atoms with E-state index >= 15 is 0 Å². The zero-order chi connectivity index (χ0) is 17.2. The first-order valence-corrected chi connectivity index (χ1v) is 10.1. The molecule has 1 atom stereocenters. The fraction of sp³-hybridized carbons (Fsp3) is 0.533. The van der Waals surface area contributed by atoms with E-state index in [9.17, 15) is 18.3 Å². The fourth-order valence-corrected chi connectivity index (χ4v) is 4.41. The summed E-state index contributed by atoms with van der Waals surface area (Å²) < 4.78 is 26.7. The summed E-state index contributed by atoms with van der Waals surface area (Å²) in [6.45, 7) is 4.84. The molecule has 0 radical (unpaired) electrons. The third kappa shape index (κ3) is 3.81. The maximum Gasteiger partial charge on any atom is 0.246 e. The smallest absolute Gasteiger partial charge is 0.246 e. The lowest BCUT2D eigenvalue weighted by atomic mass is 10.2. The normalized spacial score (nSPS) is 18.0. The van der Waals surface area contributed by atoms with Crippen LogP contribution in [0.5, 0.6) is 5.75 Å². The zero-order valence-electron chi connectivity index (χ0n) is 13.5. The van der Waals surface area contributed by atoms with E-state index in [-0.39, 0.29) is 34.9 Å². The predicted octanol–water partition coefficient (Wildman–Crippen LogP) is 1.29. The summed E-state index contributed by atoms with van der Waals surface area (Å²) in [5, 5.41) is 9.75. The van der Waals surface area contributed by atoms with E-state index in [1.807, 2.05) is 13.2 Å². The summed E-state index contributed by atoms with van der Waals surface area (Å²) in [5.41, 5.74) is 0.768. The Bertz CT molecular complexity index is 683. The van der Waals surface area contributed by atoms with Crippen LogP contribution in [-0.4, -0.2) is 66.3 Å². The van der Waals surface area contributed by atoms with Crippen molar-refractivity contribution in [3.05, 3.63) is 23.8 Å². The molecule has 1 aromatic carbocycles. The number of piperazine rings is 1. The lowest BCUT2D eigenvalue weighted by Gasteiger charge is -2.35. The molecule has 1 heterocycles. The number of hydrogen-bond acceptors (Lipinski definition) is 5. The number of rotatable bonds is 4. The first kappa shape index (κ1) is 18.1. The highest BCUT2D eigenvalue weighted by Gasteiger charge is 2.32. The lowest BCUT2D eigenvalue weighted by Crippen LogP contribution is -2.52. The van der Waals surface area contributed by atoms with Gasteiger partial charge in [-0.3, -0.25) is 4.79 Å². The second-order valence-corrected chi connectivity index (χ2v) is 8.66. The van der Waals surface area contributed by atoms with Crippen LogP contribution in [0.3, 0.4) is 0 Å². The summed E-state index contributed by atoms with van der Waals surface area (Å²) in [5.74, 6) is -0.210. The third-order valence-corrected chi connectivity index (χ3v) is 6.82. The molecule has 0 saturated carbocycles. The molecule has 1 aliphatic heterocycles. The van der Waals surface area contributed by atoms with Gasteiger partial charge in [0.25, 0.3) is 0 Å². The molecule has 1 unspecified atom stereocenters. The van der Waals surface area contributed by atoms with Gasteiger partial charge < -0.3 is 10.0 Å². The highest BCUT2D eigenvalue weighted by atomic mass is 32.2. The number of carbonyl (C=O) groups excluding carboxylic acids is 1. The molecule has 2 rings (SSSR count). The minimum Gasteiger partial charge on any atom is -0.507 e. The van der Waals surface area contributed by atoms with Gasteiger partial charge in [-0.15, -0.1) is 0 Å². The first-order valence-electron chi connectivity index (χ1n) is 7.38. The molecule has 8 heteroatoms. The SMILES string of the molecule is CSC(C)C(=O)N1CCN(S(=O)(=O)c2cc(C)ccc2O)CC1. The van der Waals surface area contributed by atoms with Crippen LogP contribution in [0.15, 0.2) is 23.1 Å². The second-order valence-electron chi connectivity index (χ2n) is 5.58. The number of hydrogen-bond donors (Lipinski definition) is 1. The molecule has 0 aromatic heterocycles. The van der Waals surface area contributed by atoms with Crippen molar-refractivity contribution in [3.8, 4) is 5.75 Å². The molecule has 1 aromatic rings. The van der Waals surface area contributed by atoms with Gasteiger partial charge in [0.2, 0.25) is 15.9 Å². The van der Waals surface area contributed by atoms with E-state index in [1.165, 1.54) is 28.2 Å². The van der Waals surface area contributed by atoms with Crippen LogP contribution < -0.4 is 0 Å². The lowest BCUT2D eigenvalue weighted by molar-refractivity contribution is -0.131. The molecule has 6 nitrogen and oxygen atoms in total. The number of nitrogens with zero attached hydrogens (tertiary/aromatic N) is 2. The van der Waals surface area contributed by atoms with Crippen molar-refractivity contribution in [1.29, 1.82) is 0 Å². The number of phenols is 1. The van der Waals surface area contributed by atoms with E-state index in [4.69, 9.17) is 0 Å². The van der Waals surface area contributed by atoms with Crippen molar-refractivity contribution in [2.45, 2.75) is 24.0 Å². The standard InChI is InChI=1S/C15H22N2O4S2/c1-11-4-5-13(18)14(10-11)23(20,21)17-8-6-16(7-9-17)15(19)12(2)22-3/h4-5,10,12,18H,6-9H2,1-3H3. The third-order valence-electron chi connectivity index (χ3n) is 3.98. The average Bonchev–Trinajstić information content (AvgIpc) is 2.55. The van der Waals surface area contributed by atoms with Crippen LogP contribution in [-0.2, 0) is 14.8 Å². The summed E-state index contributed by atoms with van der Waals surface area (Å²) in [7, 11) is -3.75. The van der Waals surface area contributed by atoms with Crippen LogP contribution in [0.25, 0.3) is 0 Å². The van der Waals surface area contributed by atoms with Gasteiger partial charge in [0, 0.05) is 26.2 Å². The van der Waals surface area contributed by atoms with Gasteiger partial charge in [-0.25, -0.2) is 8.42 Å². The Hall–Kier alpha value is -1.25. The molecule has 1 fully saturated rings. The van der Waals surface area contributed by atoms with Gasteiger partial charge in [-0.05, 0) is 37.8 Å². The average molecular weight is 358 g/mol. The van der Waals surface area contributed by atoms with Gasteiger partial charge in [0.05, 0.1) is 5.25 Å². The van der Waals surface area contributed by atoms with Crippen molar-refractivity contribution < 1.29 is 18.3 Å². The van der Waals surface area contributed by atoms with Crippen LogP contribution in [0.4, 0.5) is 0 Å². The second kappa shape index (κ2) is 7.11. The number of amides is 1. The number of carbonyl (C=O) groups is 1. The molecule has 23 heavy (non-hydrogen) atoms. The Morgan fingerprint density at radius 3 is 2.43 bits per heavy atom. The number of benzene rings is 1. The topological polar surface area (TPSA) is 77.9 Å². The van der Waals surface area contributed by atoms with Crippen molar-refractivity contribution in [2.24, 2.45) is 0 Å². The number of thioether (sulfide) groups is 1. The number of aromatic hydroxyl groups is 1. The Kier molecular flexibility index (Phi) is 5.59. The van der Waals surface area contributed by atoms with Crippen LogP contribution in [0.1, 0.15) is 12.5 Å². The molecule has 1 N–H and O–H groups in total. The number of phenolic OH excluding ortho intramolecular Hbond substituents is 1. The Morgan fingerprint density at radius 1 is 1.26 bits per heavy atom. The summed E-state index contributed by atoms with van der Waals surface area (Å²) in [6, 6.07) is 4.52. The van der Waals surface area contributed by atoms with Crippen LogP contribution in [0, 0.1) is 6.92 Å². The fourth-order valence-electron chi connectivity index (χ4n) is 2.47. The molecule has 1 saturated heterocycles. The van der Waals surface area contributed by atoms with Gasteiger partial charge in [-0.2, -0.15) is 16.1 Å². The van der Waals surface area contributed by atoms with Gasteiger partial charge in [0.15, 0.2) is 0 Å². The molecular formula is C15H22N2O4S2. The number of sulfonamides is 1. The Morgan fingerprint density at radius 2 is 1.87 bits per heavy atom. The van der Waals surface area contributed by atoms with Gasteiger partial charge in [0.1, 0.15) is 10.6 Å². The summed E-state index contributed by atoms with van der Waals surface area (Å²) >= 11 is 1.48. The van der Waals surface area contributed by atoms with Crippen molar-refractivity contribution in [2.75, 3.05) is 32.4 Å². The minimum atomic E-state index is -3.75. The van der Waals surface area contributed by atoms with Gasteiger partial charge >= 0.3 is 0 Å². The minimum absolute atomic E-state index is 0.0351. The maximum atomic E-state index is 12.7. The van der Waals surface area contributed by atoms with E-state index in [0.29, 0.717) is 13.1 Å².